The van der Waals surface area contributed by atoms with E-state index in [1.54, 1.807) is 0 Å². The first-order chi connectivity index (χ1) is 1.41. The van der Waals surface area contributed by atoms with Crippen LogP contribution in [-0.4, -0.2) is 37.7 Å². The Balaban J connectivity index is 0. The molecule has 0 fully saturated rings. The van der Waals surface area contributed by atoms with Crippen LogP contribution >= 0.6 is 0 Å². The topological polar surface area (TPSA) is 0 Å². The van der Waals surface area contributed by atoms with Crippen molar-refractivity contribution in [2.24, 2.45) is 0 Å². The molecular weight excluding hydrogens is 83.1 g/mol. The molecule has 0 aliphatic rings. The molecule has 0 heterocycles. The molecular formula is C2H5CaF. The van der Waals surface area contributed by atoms with Crippen molar-refractivity contribution in [3.63, 3.8) is 0 Å². The van der Waals surface area contributed by atoms with E-state index in [-0.39, 0.29) is 44.1 Å². The average Bonchev–Trinajstić information content (AvgIpc) is 0.918. The maximum absolute atomic E-state index is 10.1. The third-order valence-corrected chi connectivity index (χ3v) is 0. The van der Waals surface area contributed by atoms with Crippen LogP contribution in [0.5, 0.6) is 0 Å². The van der Waals surface area contributed by atoms with Crippen molar-refractivity contribution in [3.8, 4) is 0 Å². The van der Waals surface area contributed by atoms with Crippen molar-refractivity contribution >= 4 is 37.7 Å². The molecule has 0 aromatic carbocycles. The van der Waals surface area contributed by atoms with Crippen LogP contribution in [0.2, 0.25) is 0 Å². The second kappa shape index (κ2) is 9.06. The van der Waals surface area contributed by atoms with Gasteiger partial charge in [0.05, 0.1) is 6.33 Å². The van der Waals surface area contributed by atoms with Crippen LogP contribution in [0.15, 0.2) is 12.9 Å². The van der Waals surface area contributed by atoms with Gasteiger partial charge in [0.1, 0.15) is 0 Å². The summed E-state index contributed by atoms with van der Waals surface area (Å²) in [7, 11) is 0. The van der Waals surface area contributed by atoms with E-state index in [0.29, 0.717) is 0 Å². The van der Waals surface area contributed by atoms with Gasteiger partial charge in [0.15, 0.2) is 0 Å². The second-order valence-corrected chi connectivity index (χ2v) is 0.154. The SMILES string of the molecule is C=CF.[CaH2]. The average molecular weight is 88.1 g/mol. The molecule has 0 saturated heterocycles. The Morgan fingerprint density at radius 3 is 1.75 bits per heavy atom. The van der Waals surface area contributed by atoms with Crippen molar-refractivity contribution in [2.75, 3.05) is 0 Å². The van der Waals surface area contributed by atoms with Gasteiger partial charge < -0.3 is 0 Å². The summed E-state index contributed by atoms with van der Waals surface area (Å²) in [6.07, 6.45) is 0.250. The standard InChI is InChI=1S/C2H3F.Ca.2H/c1-2-3;;;/h2H,1H2;;;. The first kappa shape index (κ1) is 8.87. The van der Waals surface area contributed by atoms with Gasteiger partial charge in [-0.1, -0.05) is 6.58 Å². The monoisotopic (exact) mass is 88.0 g/mol. The predicted molar refractivity (Wildman–Crippen MR) is 19.8 cm³/mol. The molecule has 0 atom stereocenters. The minimum atomic E-state index is 0. The molecule has 0 aromatic heterocycles. The van der Waals surface area contributed by atoms with E-state index >= 15 is 0 Å². The van der Waals surface area contributed by atoms with Gasteiger partial charge in [-0.3, -0.25) is 0 Å². The molecule has 2 heteroatoms. The molecule has 0 unspecified atom stereocenters. The molecule has 0 nitrogen and oxygen atoms in total. The summed E-state index contributed by atoms with van der Waals surface area (Å²) in [6.45, 7) is 2.69. The van der Waals surface area contributed by atoms with Crippen molar-refractivity contribution in [1.82, 2.24) is 0 Å². The Bertz CT molecular complexity index is 13.5. The van der Waals surface area contributed by atoms with Crippen LogP contribution in [0.25, 0.3) is 0 Å². The molecule has 0 saturated carbocycles. The van der Waals surface area contributed by atoms with Gasteiger partial charge in [0, 0.05) is 0 Å². The molecule has 0 aromatic rings. The summed E-state index contributed by atoms with van der Waals surface area (Å²) in [5.74, 6) is 0. The van der Waals surface area contributed by atoms with Gasteiger partial charge >= 0.3 is 37.7 Å². The van der Waals surface area contributed by atoms with E-state index in [4.69, 9.17) is 0 Å². The molecule has 4 heavy (non-hydrogen) atoms. The maximum atomic E-state index is 10.1. The van der Waals surface area contributed by atoms with Crippen LogP contribution in [0.1, 0.15) is 0 Å². The molecule has 0 spiro atoms. The number of rotatable bonds is 0. The van der Waals surface area contributed by atoms with E-state index in [0.717, 1.165) is 0 Å². The number of halogens is 1. The molecule has 22 valence electrons. The zero-order chi connectivity index (χ0) is 2.71. The predicted octanol–water partition coefficient (Wildman–Crippen LogP) is 0.183. The Kier molecular flexibility index (Phi) is 20.1. The van der Waals surface area contributed by atoms with Gasteiger partial charge in [-0.25, -0.2) is 4.39 Å². The third-order valence-electron chi connectivity index (χ3n) is 0. The van der Waals surface area contributed by atoms with E-state index in [1.165, 1.54) is 0 Å². The van der Waals surface area contributed by atoms with Gasteiger partial charge in [0.25, 0.3) is 0 Å². The molecule has 0 aliphatic carbocycles. The van der Waals surface area contributed by atoms with Crippen LogP contribution in [0, 0.1) is 0 Å². The third kappa shape index (κ3) is 12.6. The van der Waals surface area contributed by atoms with E-state index in [9.17, 15) is 4.39 Å². The summed E-state index contributed by atoms with van der Waals surface area (Å²) < 4.78 is 10.1. The normalized spacial score (nSPS) is 3.25. The summed E-state index contributed by atoms with van der Waals surface area (Å²) in [6, 6.07) is 0. The van der Waals surface area contributed by atoms with Gasteiger partial charge in [-0.15, -0.1) is 0 Å². The minimum absolute atomic E-state index is 0. The van der Waals surface area contributed by atoms with Gasteiger partial charge in [0.2, 0.25) is 0 Å². The molecule has 0 bridgehead atoms. The van der Waals surface area contributed by atoms with Gasteiger partial charge in [-0.05, 0) is 0 Å². The van der Waals surface area contributed by atoms with Gasteiger partial charge in [-0.2, -0.15) is 0 Å². The molecule has 0 radical (unpaired) electrons. The fraction of sp³-hybridized carbons (Fsp3) is 0. The van der Waals surface area contributed by atoms with Crippen molar-refractivity contribution < 1.29 is 4.39 Å². The van der Waals surface area contributed by atoms with Crippen LogP contribution < -0.4 is 0 Å². The van der Waals surface area contributed by atoms with Crippen molar-refractivity contribution in [2.45, 2.75) is 0 Å². The summed E-state index contributed by atoms with van der Waals surface area (Å²) in [5.41, 5.74) is 0. The Morgan fingerprint density at radius 1 is 1.75 bits per heavy atom. The molecule has 0 rings (SSSR count). The zero-order valence-corrected chi connectivity index (χ0v) is 1.66. The zero-order valence-electron chi connectivity index (χ0n) is 1.66. The molecule has 0 N–H and O–H groups in total. The van der Waals surface area contributed by atoms with E-state index in [2.05, 4.69) is 6.58 Å². The Hall–Kier alpha value is 0.930. The van der Waals surface area contributed by atoms with E-state index in [1.807, 2.05) is 0 Å². The van der Waals surface area contributed by atoms with Crippen molar-refractivity contribution in [1.29, 1.82) is 0 Å². The van der Waals surface area contributed by atoms with Crippen LogP contribution in [-0.2, 0) is 0 Å². The summed E-state index contributed by atoms with van der Waals surface area (Å²) in [5, 5.41) is 0. The number of hydrogen-bond donors (Lipinski definition) is 0. The second-order valence-electron chi connectivity index (χ2n) is 0.154. The Morgan fingerprint density at radius 2 is 1.75 bits per heavy atom. The quantitative estimate of drug-likeness (QED) is 0.371. The molecule has 0 aliphatic heterocycles. The van der Waals surface area contributed by atoms with Crippen molar-refractivity contribution in [3.05, 3.63) is 12.9 Å². The van der Waals surface area contributed by atoms with Crippen LogP contribution in [0.3, 0.4) is 0 Å². The first-order valence-electron chi connectivity index (χ1n) is 0.626. The number of hydrogen-bond acceptors (Lipinski definition) is 0. The Labute approximate surface area is 54.7 Å². The van der Waals surface area contributed by atoms with Crippen LogP contribution in [0.4, 0.5) is 4.39 Å². The summed E-state index contributed by atoms with van der Waals surface area (Å²) >= 11 is 0. The summed E-state index contributed by atoms with van der Waals surface area (Å²) in [4.78, 5) is 0. The fourth-order valence-electron chi connectivity index (χ4n) is 0. The van der Waals surface area contributed by atoms with E-state index < -0.39 is 0 Å². The fourth-order valence-corrected chi connectivity index (χ4v) is 0. The first-order valence-corrected chi connectivity index (χ1v) is 0.626. The molecule has 0 amide bonds.